The van der Waals surface area contributed by atoms with E-state index in [0.29, 0.717) is 22.8 Å². The number of thiazole rings is 1. The van der Waals surface area contributed by atoms with Gasteiger partial charge in [0.2, 0.25) is 5.76 Å². The maximum atomic E-state index is 12.6. The average Bonchev–Trinajstić information content (AvgIpc) is 3.47. The average molecular weight is 421 g/mol. The van der Waals surface area contributed by atoms with Gasteiger partial charge in [0.25, 0.3) is 0 Å². The Labute approximate surface area is 177 Å². The van der Waals surface area contributed by atoms with Gasteiger partial charge < -0.3 is 18.6 Å². The molecule has 0 bridgehead atoms. The van der Waals surface area contributed by atoms with Gasteiger partial charge in [-0.05, 0) is 23.8 Å². The van der Waals surface area contributed by atoms with Gasteiger partial charge in [-0.3, -0.25) is 0 Å². The van der Waals surface area contributed by atoms with Crippen LogP contribution in [0.3, 0.4) is 0 Å². The Morgan fingerprint density at radius 2 is 1.83 bits per heavy atom. The van der Waals surface area contributed by atoms with E-state index in [2.05, 4.69) is 4.98 Å². The number of methoxy groups -OCH3 is 2. The number of furan rings is 1. The number of rotatable bonds is 7. The van der Waals surface area contributed by atoms with Crippen molar-refractivity contribution in [3.05, 3.63) is 77.7 Å². The highest BCUT2D eigenvalue weighted by atomic mass is 32.1. The predicted molar refractivity (Wildman–Crippen MR) is 114 cm³/mol. The van der Waals surface area contributed by atoms with Gasteiger partial charge in [0.1, 0.15) is 11.6 Å². The van der Waals surface area contributed by atoms with Crippen LogP contribution in [0.5, 0.6) is 11.5 Å². The molecular formula is C23H19NO5S. The van der Waals surface area contributed by atoms with Gasteiger partial charge in [0.05, 0.1) is 31.7 Å². The minimum absolute atomic E-state index is 0.0382. The van der Waals surface area contributed by atoms with Gasteiger partial charge in [-0.2, -0.15) is 0 Å². The van der Waals surface area contributed by atoms with Gasteiger partial charge in [-0.25, -0.2) is 9.78 Å². The molecule has 152 valence electrons. The van der Waals surface area contributed by atoms with Crippen molar-refractivity contribution in [1.29, 1.82) is 0 Å². The lowest BCUT2D eigenvalue weighted by atomic mass is 10.1. The largest absolute Gasteiger partial charge is 0.493 e. The molecule has 0 aliphatic heterocycles. The van der Waals surface area contributed by atoms with Gasteiger partial charge >= 0.3 is 5.97 Å². The van der Waals surface area contributed by atoms with Crippen LogP contribution in [0.2, 0.25) is 0 Å². The van der Waals surface area contributed by atoms with Crippen LogP contribution in [0, 0.1) is 0 Å². The first kappa shape index (κ1) is 19.7. The normalized spacial score (nSPS) is 10.6. The SMILES string of the molecule is COc1cccc(-c2nc(COC(=O)c3occc3-c3ccccc3)cs2)c1OC. The molecule has 0 amide bonds. The van der Waals surface area contributed by atoms with E-state index < -0.39 is 5.97 Å². The summed E-state index contributed by atoms with van der Waals surface area (Å²) in [5, 5.41) is 2.60. The van der Waals surface area contributed by atoms with Crippen molar-refractivity contribution >= 4 is 17.3 Å². The first-order chi connectivity index (χ1) is 14.7. The summed E-state index contributed by atoms with van der Waals surface area (Å²) in [5.74, 6) is 0.879. The monoisotopic (exact) mass is 421 g/mol. The second kappa shape index (κ2) is 8.84. The summed E-state index contributed by atoms with van der Waals surface area (Å²) in [5.41, 5.74) is 3.04. The molecule has 6 nitrogen and oxygen atoms in total. The molecule has 0 N–H and O–H groups in total. The van der Waals surface area contributed by atoms with Crippen LogP contribution in [0.25, 0.3) is 21.7 Å². The van der Waals surface area contributed by atoms with Gasteiger partial charge in [-0.15, -0.1) is 11.3 Å². The second-order valence-corrected chi connectivity index (χ2v) is 7.15. The Balaban J connectivity index is 1.49. The third kappa shape index (κ3) is 3.92. The summed E-state index contributed by atoms with van der Waals surface area (Å²) in [6.45, 7) is 0.0382. The van der Waals surface area contributed by atoms with Gasteiger partial charge in [0.15, 0.2) is 11.5 Å². The molecular weight excluding hydrogens is 402 g/mol. The van der Waals surface area contributed by atoms with E-state index in [-0.39, 0.29) is 12.4 Å². The number of hydrogen-bond donors (Lipinski definition) is 0. The van der Waals surface area contributed by atoms with E-state index in [1.165, 1.54) is 17.6 Å². The molecule has 0 radical (unpaired) electrons. The molecule has 0 spiro atoms. The zero-order valence-corrected chi connectivity index (χ0v) is 17.3. The Bertz CT molecular complexity index is 1150. The fourth-order valence-electron chi connectivity index (χ4n) is 3.07. The fourth-order valence-corrected chi connectivity index (χ4v) is 3.90. The van der Waals surface area contributed by atoms with Crippen LogP contribution in [0.15, 0.2) is 70.7 Å². The Morgan fingerprint density at radius 3 is 2.60 bits per heavy atom. The summed E-state index contributed by atoms with van der Waals surface area (Å²) < 4.78 is 21.6. The summed E-state index contributed by atoms with van der Waals surface area (Å²) in [4.78, 5) is 17.1. The zero-order chi connectivity index (χ0) is 20.9. The van der Waals surface area contributed by atoms with Crippen molar-refractivity contribution in [2.45, 2.75) is 6.61 Å². The van der Waals surface area contributed by atoms with Crippen LogP contribution >= 0.6 is 11.3 Å². The minimum atomic E-state index is -0.535. The number of ether oxygens (including phenoxy) is 3. The van der Waals surface area contributed by atoms with Crippen molar-refractivity contribution in [3.8, 4) is 33.2 Å². The number of nitrogens with zero attached hydrogens (tertiary/aromatic N) is 1. The summed E-state index contributed by atoms with van der Waals surface area (Å²) in [6.07, 6.45) is 1.48. The summed E-state index contributed by atoms with van der Waals surface area (Å²) >= 11 is 1.44. The van der Waals surface area contributed by atoms with Crippen LogP contribution < -0.4 is 9.47 Å². The molecule has 0 aliphatic carbocycles. The lowest BCUT2D eigenvalue weighted by molar-refractivity contribution is 0.0433. The van der Waals surface area contributed by atoms with E-state index in [4.69, 9.17) is 18.6 Å². The van der Waals surface area contributed by atoms with Gasteiger partial charge in [0, 0.05) is 10.9 Å². The van der Waals surface area contributed by atoms with E-state index in [9.17, 15) is 4.79 Å². The number of aromatic nitrogens is 1. The number of carbonyl (C=O) groups is 1. The highest BCUT2D eigenvalue weighted by Gasteiger charge is 2.19. The molecule has 0 saturated carbocycles. The molecule has 0 saturated heterocycles. The molecule has 2 heterocycles. The Kier molecular flexibility index (Phi) is 5.81. The maximum Gasteiger partial charge on any atom is 0.375 e. The molecule has 4 aromatic rings. The van der Waals surface area contributed by atoms with Gasteiger partial charge in [-0.1, -0.05) is 36.4 Å². The van der Waals surface area contributed by atoms with E-state index in [0.717, 1.165) is 16.1 Å². The molecule has 0 aliphatic rings. The predicted octanol–water partition coefficient (Wildman–Crippen LogP) is 5.44. The van der Waals surface area contributed by atoms with Crippen molar-refractivity contribution in [1.82, 2.24) is 4.98 Å². The Hall–Kier alpha value is -3.58. The van der Waals surface area contributed by atoms with E-state index in [1.807, 2.05) is 53.9 Å². The third-order valence-corrected chi connectivity index (χ3v) is 5.40. The summed E-state index contributed by atoms with van der Waals surface area (Å²) in [6, 6.07) is 16.9. The topological polar surface area (TPSA) is 70.8 Å². The summed E-state index contributed by atoms with van der Waals surface area (Å²) in [7, 11) is 3.18. The highest BCUT2D eigenvalue weighted by Crippen LogP contribution is 2.39. The van der Waals surface area contributed by atoms with Crippen LogP contribution in [-0.2, 0) is 11.3 Å². The number of esters is 1. The lowest BCUT2D eigenvalue weighted by Crippen LogP contribution is -2.05. The quantitative estimate of drug-likeness (QED) is 0.370. The molecule has 30 heavy (non-hydrogen) atoms. The highest BCUT2D eigenvalue weighted by molar-refractivity contribution is 7.13. The van der Waals surface area contributed by atoms with Crippen molar-refractivity contribution in [2.75, 3.05) is 14.2 Å². The molecule has 2 aromatic heterocycles. The van der Waals surface area contributed by atoms with E-state index >= 15 is 0 Å². The Morgan fingerprint density at radius 1 is 1.00 bits per heavy atom. The van der Waals surface area contributed by atoms with Crippen molar-refractivity contribution in [2.24, 2.45) is 0 Å². The smallest absolute Gasteiger partial charge is 0.375 e. The fraction of sp³-hybridized carbons (Fsp3) is 0.130. The van der Waals surface area contributed by atoms with Crippen molar-refractivity contribution < 1.29 is 23.4 Å². The molecule has 0 unspecified atom stereocenters. The number of benzene rings is 2. The van der Waals surface area contributed by atoms with Crippen LogP contribution in [0.1, 0.15) is 16.2 Å². The first-order valence-electron chi connectivity index (χ1n) is 9.17. The van der Waals surface area contributed by atoms with E-state index in [1.54, 1.807) is 20.3 Å². The molecule has 0 atom stereocenters. The number of hydrogen-bond acceptors (Lipinski definition) is 7. The lowest BCUT2D eigenvalue weighted by Gasteiger charge is -2.10. The minimum Gasteiger partial charge on any atom is -0.493 e. The first-order valence-corrected chi connectivity index (χ1v) is 10.0. The van der Waals surface area contributed by atoms with Crippen LogP contribution in [-0.4, -0.2) is 25.2 Å². The van der Waals surface area contributed by atoms with Crippen LogP contribution in [0.4, 0.5) is 0 Å². The third-order valence-electron chi connectivity index (χ3n) is 4.47. The number of para-hydroxylation sites is 1. The molecule has 4 rings (SSSR count). The molecule has 0 fully saturated rings. The molecule has 2 aromatic carbocycles. The standard InChI is InChI=1S/C23H19NO5S/c1-26-19-10-6-9-18(20(19)27-2)22-24-16(14-30-22)13-29-23(25)21-17(11-12-28-21)15-7-4-3-5-8-15/h3-12,14H,13H2,1-2H3. The van der Waals surface area contributed by atoms with Crippen molar-refractivity contribution in [3.63, 3.8) is 0 Å². The zero-order valence-electron chi connectivity index (χ0n) is 16.5. The maximum absolute atomic E-state index is 12.6. The second-order valence-electron chi connectivity index (χ2n) is 6.29. The number of carbonyl (C=O) groups excluding carboxylic acids is 1. The molecule has 7 heteroatoms.